The zero-order chi connectivity index (χ0) is 15.4. The van der Waals surface area contributed by atoms with Crippen LogP contribution in [0.1, 0.15) is 28.4 Å². The summed E-state index contributed by atoms with van der Waals surface area (Å²) in [4.78, 5) is 11.7. The van der Waals surface area contributed by atoms with Crippen LogP contribution in [0.3, 0.4) is 0 Å². The minimum atomic E-state index is -0.122. The summed E-state index contributed by atoms with van der Waals surface area (Å²) < 4.78 is 6.42. The highest BCUT2D eigenvalue weighted by Gasteiger charge is 2.13. The number of benzene rings is 2. The van der Waals surface area contributed by atoms with Gasteiger partial charge in [-0.1, -0.05) is 28.1 Å². The summed E-state index contributed by atoms with van der Waals surface area (Å²) in [6, 6.07) is 12.5. The maximum Gasteiger partial charge on any atom is 0.163 e. The molecule has 2 aromatic carbocycles. The number of hydrogen-bond acceptors (Lipinski definition) is 4. The molecule has 106 valence electrons. The first-order valence-electron chi connectivity index (χ1n) is 6.23. The minimum absolute atomic E-state index is 0.122. The highest BCUT2D eigenvalue weighted by molar-refractivity contribution is 9.10. The van der Waals surface area contributed by atoms with Gasteiger partial charge in [0.25, 0.3) is 0 Å². The first-order valence-corrected chi connectivity index (χ1v) is 7.02. The highest BCUT2D eigenvalue weighted by Crippen LogP contribution is 2.31. The molecule has 0 spiro atoms. The van der Waals surface area contributed by atoms with Gasteiger partial charge in [-0.3, -0.25) is 4.79 Å². The van der Waals surface area contributed by atoms with Crippen molar-refractivity contribution in [2.75, 3.05) is 5.73 Å². The predicted octanol–water partition coefficient (Wildman–Crippen LogP) is 3.68. The third-order valence-corrected chi connectivity index (χ3v) is 3.36. The van der Waals surface area contributed by atoms with Gasteiger partial charge in [0.1, 0.15) is 6.61 Å². The Balaban J connectivity index is 2.27. The molecule has 0 aliphatic heterocycles. The molecule has 0 amide bonds. The molecule has 4 nitrogen and oxygen atoms in total. The van der Waals surface area contributed by atoms with Gasteiger partial charge in [0, 0.05) is 4.47 Å². The number of nitrogen functional groups attached to an aromatic ring is 1. The van der Waals surface area contributed by atoms with E-state index < -0.39 is 0 Å². The van der Waals surface area contributed by atoms with Crippen LogP contribution in [0, 0.1) is 11.3 Å². The van der Waals surface area contributed by atoms with Crippen LogP contribution in [0.5, 0.6) is 5.75 Å². The molecular weight excluding hydrogens is 332 g/mol. The molecule has 2 N–H and O–H groups in total. The van der Waals surface area contributed by atoms with Gasteiger partial charge < -0.3 is 10.5 Å². The molecule has 0 unspecified atom stereocenters. The van der Waals surface area contributed by atoms with Crippen LogP contribution < -0.4 is 10.5 Å². The largest absolute Gasteiger partial charge is 0.486 e. The number of nitrogens with zero attached hydrogens (tertiary/aromatic N) is 1. The summed E-state index contributed by atoms with van der Waals surface area (Å²) in [6.45, 7) is 1.70. The quantitative estimate of drug-likeness (QED) is 0.677. The molecule has 0 aliphatic carbocycles. The summed E-state index contributed by atoms with van der Waals surface area (Å²) in [5.74, 6) is 0.247. The Morgan fingerprint density at radius 3 is 2.81 bits per heavy atom. The lowest BCUT2D eigenvalue weighted by Crippen LogP contribution is -2.05. The minimum Gasteiger partial charge on any atom is -0.486 e. The Hall–Kier alpha value is -2.32. The van der Waals surface area contributed by atoms with Crippen molar-refractivity contribution >= 4 is 27.4 Å². The van der Waals surface area contributed by atoms with E-state index in [9.17, 15) is 4.79 Å². The van der Waals surface area contributed by atoms with Gasteiger partial charge in [0.05, 0.1) is 22.9 Å². The van der Waals surface area contributed by atoms with E-state index in [1.807, 2.05) is 6.07 Å². The normalized spacial score (nSPS) is 9.95. The number of rotatable bonds is 4. The lowest BCUT2D eigenvalue weighted by molar-refractivity contribution is 0.101. The summed E-state index contributed by atoms with van der Waals surface area (Å²) >= 11 is 3.31. The van der Waals surface area contributed by atoms with Gasteiger partial charge >= 0.3 is 0 Å². The Kier molecular flexibility index (Phi) is 4.61. The predicted molar refractivity (Wildman–Crippen MR) is 84.0 cm³/mol. The Labute approximate surface area is 131 Å². The molecule has 0 heterocycles. The standard InChI is InChI=1S/C16H13BrN2O2/c1-10(20)14-6-13(17)7-15(19)16(14)21-9-12-4-2-3-11(5-12)8-18/h2-7H,9,19H2,1H3. The number of ether oxygens (including phenoxy) is 1. The number of Topliss-reactive ketones (excluding diaryl/α,β-unsaturated/α-hetero) is 1. The van der Waals surface area contributed by atoms with Crippen molar-refractivity contribution in [3.63, 3.8) is 0 Å². The molecule has 21 heavy (non-hydrogen) atoms. The van der Waals surface area contributed by atoms with Gasteiger partial charge in [-0.2, -0.15) is 5.26 Å². The van der Waals surface area contributed by atoms with E-state index >= 15 is 0 Å². The molecule has 0 bridgehead atoms. The van der Waals surface area contributed by atoms with Crippen molar-refractivity contribution in [3.05, 3.63) is 57.6 Å². The molecule has 0 aromatic heterocycles. The smallest absolute Gasteiger partial charge is 0.163 e. The van der Waals surface area contributed by atoms with E-state index in [1.165, 1.54) is 6.92 Å². The number of nitriles is 1. The maximum atomic E-state index is 11.7. The zero-order valence-corrected chi connectivity index (χ0v) is 13.0. The number of ketones is 1. The lowest BCUT2D eigenvalue weighted by Gasteiger charge is -2.13. The average Bonchev–Trinajstić information content (AvgIpc) is 2.45. The number of carbonyl (C=O) groups is 1. The lowest BCUT2D eigenvalue weighted by atomic mass is 10.1. The molecule has 2 aromatic rings. The Morgan fingerprint density at radius 1 is 1.38 bits per heavy atom. The van der Waals surface area contributed by atoms with E-state index in [0.29, 0.717) is 22.6 Å². The molecular formula is C16H13BrN2O2. The monoisotopic (exact) mass is 344 g/mol. The second-order valence-electron chi connectivity index (χ2n) is 4.53. The summed E-state index contributed by atoms with van der Waals surface area (Å²) in [6.07, 6.45) is 0. The van der Waals surface area contributed by atoms with E-state index in [4.69, 9.17) is 15.7 Å². The Morgan fingerprint density at radius 2 is 2.14 bits per heavy atom. The van der Waals surface area contributed by atoms with Crippen LogP contribution in [-0.4, -0.2) is 5.78 Å². The summed E-state index contributed by atoms with van der Waals surface area (Å²) in [5.41, 5.74) is 8.14. The van der Waals surface area contributed by atoms with E-state index in [-0.39, 0.29) is 12.4 Å². The second kappa shape index (κ2) is 6.42. The summed E-state index contributed by atoms with van der Waals surface area (Å²) in [7, 11) is 0. The molecule has 2 rings (SSSR count). The van der Waals surface area contributed by atoms with Gasteiger partial charge in [0.2, 0.25) is 0 Å². The van der Waals surface area contributed by atoms with Gasteiger partial charge in [-0.15, -0.1) is 0 Å². The molecule has 0 saturated heterocycles. The molecule has 5 heteroatoms. The van der Waals surface area contributed by atoms with Crippen LogP contribution in [0.2, 0.25) is 0 Å². The number of halogens is 1. The molecule has 0 radical (unpaired) electrons. The van der Waals surface area contributed by atoms with Crippen LogP contribution in [0.25, 0.3) is 0 Å². The number of anilines is 1. The average molecular weight is 345 g/mol. The first-order chi connectivity index (χ1) is 10.0. The Bertz CT molecular complexity index is 736. The molecule has 0 saturated carbocycles. The number of carbonyl (C=O) groups excluding carboxylic acids is 1. The molecule has 0 fully saturated rings. The van der Waals surface area contributed by atoms with Crippen molar-refractivity contribution in [2.24, 2.45) is 0 Å². The SMILES string of the molecule is CC(=O)c1cc(Br)cc(N)c1OCc1cccc(C#N)c1. The second-order valence-corrected chi connectivity index (χ2v) is 5.44. The fourth-order valence-electron chi connectivity index (χ4n) is 1.92. The third kappa shape index (κ3) is 3.61. The van der Waals surface area contributed by atoms with Gasteiger partial charge in [-0.25, -0.2) is 0 Å². The fraction of sp³-hybridized carbons (Fsp3) is 0.125. The van der Waals surface area contributed by atoms with Gasteiger partial charge in [-0.05, 0) is 36.8 Å². The maximum absolute atomic E-state index is 11.7. The number of nitrogens with two attached hydrogens (primary N) is 1. The van der Waals surface area contributed by atoms with Crippen LogP contribution >= 0.6 is 15.9 Å². The van der Waals surface area contributed by atoms with Crippen molar-refractivity contribution in [1.29, 1.82) is 5.26 Å². The van der Waals surface area contributed by atoms with Crippen LogP contribution in [0.15, 0.2) is 40.9 Å². The van der Waals surface area contributed by atoms with E-state index in [2.05, 4.69) is 22.0 Å². The first kappa shape index (κ1) is 15.1. The molecule has 0 aliphatic rings. The van der Waals surface area contributed by atoms with Crippen molar-refractivity contribution < 1.29 is 9.53 Å². The fourth-order valence-corrected chi connectivity index (χ4v) is 2.40. The summed E-state index contributed by atoms with van der Waals surface area (Å²) in [5, 5.41) is 8.88. The van der Waals surface area contributed by atoms with Gasteiger partial charge in [0.15, 0.2) is 11.5 Å². The van der Waals surface area contributed by atoms with E-state index in [0.717, 1.165) is 10.0 Å². The third-order valence-electron chi connectivity index (χ3n) is 2.90. The van der Waals surface area contributed by atoms with Crippen molar-refractivity contribution in [1.82, 2.24) is 0 Å². The topological polar surface area (TPSA) is 76.1 Å². The highest BCUT2D eigenvalue weighted by atomic mass is 79.9. The van der Waals surface area contributed by atoms with Crippen LogP contribution in [-0.2, 0) is 6.61 Å². The van der Waals surface area contributed by atoms with Crippen molar-refractivity contribution in [3.8, 4) is 11.8 Å². The number of hydrogen-bond donors (Lipinski definition) is 1. The molecule has 0 atom stereocenters. The van der Waals surface area contributed by atoms with E-state index in [1.54, 1.807) is 30.3 Å². The van der Waals surface area contributed by atoms with Crippen molar-refractivity contribution in [2.45, 2.75) is 13.5 Å². The van der Waals surface area contributed by atoms with Crippen LogP contribution in [0.4, 0.5) is 5.69 Å². The zero-order valence-electron chi connectivity index (χ0n) is 11.4.